The van der Waals surface area contributed by atoms with Crippen LogP contribution in [0.15, 0.2) is 66.1 Å². The molecule has 0 bridgehead atoms. The summed E-state index contributed by atoms with van der Waals surface area (Å²) >= 11 is 3.36. The molecule has 0 unspecified atom stereocenters. The van der Waals surface area contributed by atoms with Crippen LogP contribution >= 0.6 is 22.7 Å². The second-order valence-electron chi connectivity index (χ2n) is 5.18. The molecule has 0 aliphatic carbocycles. The van der Waals surface area contributed by atoms with Gasteiger partial charge in [-0.2, -0.15) is 0 Å². The van der Waals surface area contributed by atoms with Crippen molar-refractivity contribution in [3.05, 3.63) is 75.8 Å². The molecule has 0 saturated heterocycles. The van der Waals surface area contributed by atoms with Crippen LogP contribution < -0.4 is 0 Å². The molecule has 1 amide bonds. The van der Waals surface area contributed by atoms with E-state index in [1.807, 2.05) is 48.8 Å². The SMILES string of the molecule is CN(Cc1cccs1)C(=O)/C=C/c1ccc(-c2ccccc2)s1. The first-order chi connectivity index (χ1) is 11.2. The third-order valence-electron chi connectivity index (χ3n) is 3.42. The zero-order valence-corrected chi connectivity index (χ0v) is 14.4. The Labute approximate surface area is 144 Å². The fourth-order valence-electron chi connectivity index (χ4n) is 2.19. The molecule has 0 fully saturated rings. The Bertz CT molecular complexity index is 788. The Morgan fingerprint density at radius 2 is 1.91 bits per heavy atom. The largest absolute Gasteiger partial charge is 0.337 e. The predicted octanol–water partition coefficient (Wildman–Crippen LogP) is 5.15. The van der Waals surface area contributed by atoms with Crippen LogP contribution in [0.3, 0.4) is 0 Å². The van der Waals surface area contributed by atoms with E-state index >= 15 is 0 Å². The first-order valence-corrected chi connectivity index (χ1v) is 9.03. The van der Waals surface area contributed by atoms with E-state index in [2.05, 4.69) is 24.3 Å². The van der Waals surface area contributed by atoms with E-state index in [4.69, 9.17) is 0 Å². The van der Waals surface area contributed by atoms with Gasteiger partial charge in [-0.25, -0.2) is 0 Å². The molecule has 0 aliphatic heterocycles. The van der Waals surface area contributed by atoms with E-state index in [9.17, 15) is 4.79 Å². The van der Waals surface area contributed by atoms with Gasteiger partial charge in [-0.15, -0.1) is 22.7 Å². The summed E-state index contributed by atoms with van der Waals surface area (Å²) in [6.45, 7) is 0.653. The third kappa shape index (κ3) is 4.18. The molecule has 0 N–H and O–H groups in total. The highest BCUT2D eigenvalue weighted by Gasteiger charge is 2.07. The molecule has 0 radical (unpaired) electrons. The lowest BCUT2D eigenvalue weighted by Gasteiger charge is -2.13. The predicted molar refractivity (Wildman–Crippen MR) is 99.6 cm³/mol. The number of hydrogen-bond donors (Lipinski definition) is 0. The normalized spacial score (nSPS) is 11.0. The molecule has 4 heteroatoms. The summed E-state index contributed by atoms with van der Waals surface area (Å²) in [5.41, 5.74) is 1.21. The fourth-order valence-corrected chi connectivity index (χ4v) is 3.87. The quantitative estimate of drug-likeness (QED) is 0.589. The summed E-state index contributed by atoms with van der Waals surface area (Å²) in [6.07, 6.45) is 3.54. The van der Waals surface area contributed by atoms with Crippen molar-refractivity contribution in [1.82, 2.24) is 4.90 Å². The highest BCUT2D eigenvalue weighted by molar-refractivity contribution is 7.16. The zero-order chi connectivity index (χ0) is 16.1. The summed E-state index contributed by atoms with van der Waals surface area (Å²) < 4.78 is 0. The first-order valence-electron chi connectivity index (χ1n) is 7.33. The maximum Gasteiger partial charge on any atom is 0.246 e. The van der Waals surface area contributed by atoms with Crippen molar-refractivity contribution in [3.63, 3.8) is 0 Å². The number of carbonyl (C=O) groups excluding carboxylic acids is 1. The highest BCUT2D eigenvalue weighted by atomic mass is 32.1. The van der Waals surface area contributed by atoms with E-state index in [0.717, 1.165) is 4.88 Å². The van der Waals surface area contributed by atoms with Gasteiger partial charge in [0, 0.05) is 27.8 Å². The summed E-state index contributed by atoms with van der Waals surface area (Å²) in [4.78, 5) is 17.4. The number of thiophene rings is 2. The van der Waals surface area contributed by atoms with Crippen LogP contribution in [-0.4, -0.2) is 17.9 Å². The summed E-state index contributed by atoms with van der Waals surface area (Å²) in [5, 5.41) is 2.03. The van der Waals surface area contributed by atoms with Gasteiger partial charge in [-0.3, -0.25) is 4.79 Å². The van der Waals surface area contributed by atoms with Crippen molar-refractivity contribution < 1.29 is 4.79 Å². The molecule has 1 aromatic carbocycles. The van der Waals surface area contributed by atoms with Gasteiger partial charge in [0.15, 0.2) is 0 Å². The van der Waals surface area contributed by atoms with E-state index < -0.39 is 0 Å². The Morgan fingerprint density at radius 3 is 2.65 bits per heavy atom. The Kier molecular flexibility index (Phi) is 5.05. The molecule has 3 aromatic rings. The Balaban J connectivity index is 1.63. The molecule has 116 valence electrons. The van der Waals surface area contributed by atoms with Crippen LogP contribution in [0.4, 0.5) is 0 Å². The van der Waals surface area contributed by atoms with Gasteiger partial charge >= 0.3 is 0 Å². The van der Waals surface area contributed by atoms with Crippen LogP contribution in [0.25, 0.3) is 16.5 Å². The number of amides is 1. The van der Waals surface area contributed by atoms with Crippen LogP contribution in [-0.2, 0) is 11.3 Å². The lowest BCUT2D eigenvalue weighted by molar-refractivity contribution is -0.125. The molecule has 2 heterocycles. The topological polar surface area (TPSA) is 20.3 Å². The summed E-state index contributed by atoms with van der Waals surface area (Å²) in [6, 6.07) is 18.5. The van der Waals surface area contributed by atoms with Gasteiger partial charge in [0.25, 0.3) is 0 Å². The maximum absolute atomic E-state index is 12.2. The number of nitrogens with zero attached hydrogens (tertiary/aromatic N) is 1. The summed E-state index contributed by atoms with van der Waals surface area (Å²) in [7, 11) is 1.83. The van der Waals surface area contributed by atoms with E-state index in [-0.39, 0.29) is 5.91 Å². The van der Waals surface area contributed by atoms with Gasteiger partial charge in [0.1, 0.15) is 0 Å². The average molecular weight is 339 g/mol. The van der Waals surface area contributed by atoms with Crippen molar-refractivity contribution in [2.75, 3.05) is 7.05 Å². The molecular weight excluding hydrogens is 322 g/mol. The van der Waals surface area contributed by atoms with Crippen molar-refractivity contribution in [3.8, 4) is 10.4 Å². The van der Waals surface area contributed by atoms with Crippen LogP contribution in [0.2, 0.25) is 0 Å². The Morgan fingerprint density at radius 1 is 1.09 bits per heavy atom. The maximum atomic E-state index is 12.2. The highest BCUT2D eigenvalue weighted by Crippen LogP contribution is 2.28. The molecule has 0 saturated carbocycles. The minimum absolute atomic E-state index is 0.0214. The second-order valence-corrected chi connectivity index (χ2v) is 7.32. The third-order valence-corrected chi connectivity index (χ3v) is 5.39. The monoisotopic (exact) mass is 339 g/mol. The first kappa shape index (κ1) is 15.7. The number of benzene rings is 1. The van der Waals surface area contributed by atoms with Gasteiger partial charge in [0.05, 0.1) is 6.54 Å². The van der Waals surface area contributed by atoms with Crippen molar-refractivity contribution in [2.45, 2.75) is 6.54 Å². The Hall–Kier alpha value is -2.17. The van der Waals surface area contributed by atoms with Crippen molar-refractivity contribution in [1.29, 1.82) is 0 Å². The minimum atomic E-state index is 0.0214. The molecule has 3 rings (SSSR count). The molecular formula is C19H17NOS2. The van der Waals surface area contributed by atoms with Crippen molar-refractivity contribution in [2.24, 2.45) is 0 Å². The molecule has 0 aliphatic rings. The minimum Gasteiger partial charge on any atom is -0.337 e. The molecule has 2 nitrogen and oxygen atoms in total. The fraction of sp³-hybridized carbons (Fsp3) is 0.105. The second kappa shape index (κ2) is 7.40. The van der Waals surface area contributed by atoms with Gasteiger partial charge in [-0.1, -0.05) is 36.4 Å². The van der Waals surface area contributed by atoms with Crippen LogP contribution in [0.5, 0.6) is 0 Å². The smallest absolute Gasteiger partial charge is 0.246 e. The van der Waals surface area contributed by atoms with Crippen molar-refractivity contribution >= 4 is 34.7 Å². The van der Waals surface area contributed by atoms with Gasteiger partial charge < -0.3 is 4.90 Å². The standard InChI is InChI=1S/C19H17NOS2/c1-20(14-17-8-5-13-22-17)19(21)12-10-16-9-11-18(23-16)15-6-3-2-4-7-15/h2-13H,14H2,1H3/b12-10+. The zero-order valence-electron chi connectivity index (χ0n) is 12.8. The number of carbonyl (C=O) groups is 1. The number of rotatable bonds is 5. The van der Waals surface area contributed by atoms with E-state index in [1.165, 1.54) is 15.3 Å². The average Bonchev–Trinajstić information content (AvgIpc) is 3.25. The number of hydrogen-bond acceptors (Lipinski definition) is 3. The van der Waals surface area contributed by atoms with Gasteiger partial charge in [0.2, 0.25) is 5.91 Å². The lowest BCUT2D eigenvalue weighted by atomic mass is 10.2. The summed E-state index contributed by atoms with van der Waals surface area (Å²) in [5.74, 6) is 0.0214. The number of likely N-dealkylation sites (N-methyl/N-ethyl adjacent to an activating group) is 1. The molecule has 0 spiro atoms. The molecule has 23 heavy (non-hydrogen) atoms. The van der Waals surface area contributed by atoms with E-state index in [0.29, 0.717) is 6.54 Å². The van der Waals surface area contributed by atoms with E-state index in [1.54, 1.807) is 33.6 Å². The molecule has 2 aromatic heterocycles. The van der Waals surface area contributed by atoms with Crippen LogP contribution in [0.1, 0.15) is 9.75 Å². The lowest BCUT2D eigenvalue weighted by Crippen LogP contribution is -2.23. The van der Waals surface area contributed by atoms with Gasteiger partial charge in [-0.05, 0) is 35.2 Å². The molecule has 0 atom stereocenters. The van der Waals surface area contributed by atoms with Crippen LogP contribution in [0, 0.1) is 0 Å².